The van der Waals surface area contributed by atoms with Crippen LogP contribution in [0.1, 0.15) is 47.1 Å². The summed E-state index contributed by atoms with van der Waals surface area (Å²) in [7, 11) is 0. The number of thiazole rings is 1. The van der Waals surface area contributed by atoms with Crippen LogP contribution in [0.3, 0.4) is 0 Å². The molecule has 1 heterocycles. The first-order chi connectivity index (χ1) is 8.80. The standard InChI is InChI=1S/C11H13F3N2O2S/c12-11(13,14)6-4-2-1-3-5(6)9-16-7(10(17)18)8(15)19-9/h5-6H,1-4,15H2,(H,17,18). The van der Waals surface area contributed by atoms with Crippen LogP contribution in [-0.4, -0.2) is 22.2 Å². The maximum Gasteiger partial charge on any atom is 0.392 e. The monoisotopic (exact) mass is 294 g/mol. The average Bonchev–Trinajstić information content (AvgIpc) is 2.70. The lowest BCUT2D eigenvalue weighted by Gasteiger charge is -2.31. The molecular weight excluding hydrogens is 281 g/mol. The summed E-state index contributed by atoms with van der Waals surface area (Å²) in [5.74, 6) is -3.53. The lowest BCUT2D eigenvalue weighted by molar-refractivity contribution is -0.187. The fourth-order valence-corrected chi connectivity index (χ4v) is 3.50. The van der Waals surface area contributed by atoms with Gasteiger partial charge in [0.2, 0.25) is 0 Å². The molecule has 2 rings (SSSR count). The van der Waals surface area contributed by atoms with E-state index < -0.39 is 24.0 Å². The van der Waals surface area contributed by atoms with E-state index in [0.717, 1.165) is 11.3 Å². The number of aromatic carboxylic acids is 1. The van der Waals surface area contributed by atoms with E-state index in [9.17, 15) is 18.0 Å². The fourth-order valence-electron chi connectivity index (χ4n) is 2.48. The van der Waals surface area contributed by atoms with Crippen LogP contribution in [0.5, 0.6) is 0 Å². The average molecular weight is 294 g/mol. The van der Waals surface area contributed by atoms with Crippen LogP contribution in [0.15, 0.2) is 0 Å². The Kier molecular flexibility index (Phi) is 3.71. The molecule has 19 heavy (non-hydrogen) atoms. The molecule has 4 nitrogen and oxygen atoms in total. The molecular formula is C11H13F3N2O2S. The van der Waals surface area contributed by atoms with E-state index in [1.807, 2.05) is 0 Å². The fraction of sp³-hybridized carbons (Fsp3) is 0.636. The van der Waals surface area contributed by atoms with E-state index in [-0.39, 0.29) is 22.1 Å². The molecule has 1 aromatic rings. The molecule has 2 atom stereocenters. The molecule has 8 heteroatoms. The van der Waals surface area contributed by atoms with E-state index in [4.69, 9.17) is 10.8 Å². The molecule has 1 saturated carbocycles. The molecule has 0 radical (unpaired) electrons. The van der Waals surface area contributed by atoms with E-state index in [2.05, 4.69) is 4.98 Å². The molecule has 0 bridgehead atoms. The van der Waals surface area contributed by atoms with Gasteiger partial charge in [-0.1, -0.05) is 12.8 Å². The predicted octanol–water partition coefficient (Wildman–Crippen LogP) is 3.26. The van der Waals surface area contributed by atoms with Gasteiger partial charge >= 0.3 is 12.1 Å². The molecule has 0 aliphatic heterocycles. The highest BCUT2D eigenvalue weighted by atomic mass is 32.1. The van der Waals surface area contributed by atoms with Gasteiger partial charge in [0.25, 0.3) is 0 Å². The Labute approximate surface area is 111 Å². The molecule has 106 valence electrons. The Morgan fingerprint density at radius 1 is 1.37 bits per heavy atom. The summed E-state index contributed by atoms with van der Waals surface area (Å²) >= 11 is 0.855. The van der Waals surface area contributed by atoms with Gasteiger partial charge in [-0.2, -0.15) is 13.2 Å². The molecule has 0 saturated heterocycles. The first-order valence-electron chi connectivity index (χ1n) is 5.87. The topological polar surface area (TPSA) is 76.2 Å². The molecule has 1 aliphatic rings. The molecule has 3 N–H and O–H groups in total. The second-order valence-corrected chi connectivity index (χ2v) is 5.67. The van der Waals surface area contributed by atoms with Crippen molar-refractivity contribution in [2.24, 2.45) is 5.92 Å². The summed E-state index contributed by atoms with van der Waals surface area (Å²) in [4.78, 5) is 14.6. The number of rotatable bonds is 2. The van der Waals surface area contributed by atoms with Gasteiger partial charge in [-0.15, -0.1) is 11.3 Å². The maximum atomic E-state index is 13.0. The van der Waals surface area contributed by atoms with E-state index in [0.29, 0.717) is 19.3 Å². The number of halogens is 3. The van der Waals surface area contributed by atoms with Crippen molar-refractivity contribution in [1.29, 1.82) is 0 Å². The smallest absolute Gasteiger partial charge is 0.392 e. The number of carbonyl (C=O) groups is 1. The first-order valence-corrected chi connectivity index (χ1v) is 6.68. The zero-order valence-corrected chi connectivity index (χ0v) is 10.7. The summed E-state index contributed by atoms with van der Waals surface area (Å²) in [6.07, 6.45) is -2.62. The van der Waals surface area contributed by atoms with Crippen molar-refractivity contribution in [2.45, 2.75) is 37.8 Å². The number of nitrogens with zero attached hydrogens (tertiary/aromatic N) is 1. The summed E-state index contributed by atoms with van der Waals surface area (Å²) in [6, 6.07) is 0. The van der Waals surface area contributed by atoms with Gasteiger partial charge in [-0.3, -0.25) is 0 Å². The Hall–Kier alpha value is -1.31. The highest BCUT2D eigenvalue weighted by molar-refractivity contribution is 7.16. The number of carboxylic acids is 1. The number of anilines is 1. The van der Waals surface area contributed by atoms with Crippen LogP contribution in [0.2, 0.25) is 0 Å². The number of hydrogen-bond acceptors (Lipinski definition) is 4. The molecule has 2 unspecified atom stereocenters. The van der Waals surface area contributed by atoms with E-state index in [1.165, 1.54) is 0 Å². The molecule has 1 aromatic heterocycles. The van der Waals surface area contributed by atoms with Crippen LogP contribution in [0.4, 0.5) is 18.2 Å². The SMILES string of the molecule is Nc1sc(C2CCCCC2C(F)(F)F)nc1C(=O)O. The first kappa shape index (κ1) is 14.1. The number of aromatic nitrogens is 1. The van der Waals surface area contributed by atoms with Gasteiger partial charge in [-0.25, -0.2) is 9.78 Å². The van der Waals surface area contributed by atoms with Gasteiger partial charge < -0.3 is 10.8 Å². The summed E-state index contributed by atoms with van der Waals surface area (Å²) in [6.45, 7) is 0. The number of hydrogen-bond donors (Lipinski definition) is 2. The number of alkyl halides is 3. The number of nitrogen functional groups attached to an aromatic ring is 1. The molecule has 0 spiro atoms. The highest BCUT2D eigenvalue weighted by Crippen LogP contribution is 2.47. The quantitative estimate of drug-likeness (QED) is 0.877. The minimum absolute atomic E-state index is 0.0333. The Morgan fingerprint density at radius 2 is 2.00 bits per heavy atom. The molecule has 0 amide bonds. The second kappa shape index (κ2) is 4.99. The third-order valence-corrected chi connectivity index (χ3v) is 4.39. The number of carboxylic acid groups (broad SMARTS) is 1. The molecule has 0 aromatic carbocycles. The Morgan fingerprint density at radius 3 is 2.53 bits per heavy atom. The van der Waals surface area contributed by atoms with Crippen molar-refractivity contribution in [1.82, 2.24) is 4.98 Å². The van der Waals surface area contributed by atoms with Crippen LogP contribution < -0.4 is 5.73 Å². The van der Waals surface area contributed by atoms with Crippen molar-refractivity contribution >= 4 is 22.3 Å². The van der Waals surface area contributed by atoms with Crippen LogP contribution in [-0.2, 0) is 0 Å². The summed E-state index contributed by atoms with van der Waals surface area (Å²) in [5, 5.41) is 9.00. The summed E-state index contributed by atoms with van der Waals surface area (Å²) < 4.78 is 38.9. The second-order valence-electron chi connectivity index (χ2n) is 4.61. The molecule has 1 fully saturated rings. The maximum absolute atomic E-state index is 13.0. The van der Waals surface area contributed by atoms with Gasteiger partial charge in [0.1, 0.15) is 5.00 Å². The Bertz CT molecular complexity index is 487. The third kappa shape index (κ3) is 2.83. The van der Waals surface area contributed by atoms with Crippen LogP contribution in [0.25, 0.3) is 0 Å². The minimum Gasteiger partial charge on any atom is -0.476 e. The normalized spacial score (nSPS) is 24.4. The predicted molar refractivity (Wildman–Crippen MR) is 64.2 cm³/mol. The van der Waals surface area contributed by atoms with Crippen LogP contribution >= 0.6 is 11.3 Å². The van der Waals surface area contributed by atoms with Gasteiger partial charge in [0.05, 0.1) is 10.9 Å². The van der Waals surface area contributed by atoms with Gasteiger partial charge in [-0.05, 0) is 12.8 Å². The van der Waals surface area contributed by atoms with Crippen molar-refractivity contribution in [3.8, 4) is 0 Å². The molecule has 1 aliphatic carbocycles. The Balaban J connectivity index is 2.33. The van der Waals surface area contributed by atoms with Crippen molar-refractivity contribution in [3.05, 3.63) is 10.7 Å². The van der Waals surface area contributed by atoms with Gasteiger partial charge in [0, 0.05) is 5.92 Å². The lowest BCUT2D eigenvalue weighted by Crippen LogP contribution is -2.31. The van der Waals surface area contributed by atoms with Crippen LogP contribution in [0, 0.1) is 5.92 Å². The zero-order valence-electron chi connectivity index (χ0n) is 9.91. The van der Waals surface area contributed by atoms with Crippen molar-refractivity contribution < 1.29 is 23.1 Å². The largest absolute Gasteiger partial charge is 0.476 e. The summed E-state index contributed by atoms with van der Waals surface area (Å²) in [5.41, 5.74) is 5.16. The van der Waals surface area contributed by atoms with Gasteiger partial charge in [0.15, 0.2) is 5.69 Å². The zero-order chi connectivity index (χ0) is 14.2. The van der Waals surface area contributed by atoms with E-state index >= 15 is 0 Å². The minimum atomic E-state index is -4.28. The van der Waals surface area contributed by atoms with Crippen molar-refractivity contribution in [3.63, 3.8) is 0 Å². The highest BCUT2D eigenvalue weighted by Gasteiger charge is 2.47. The van der Waals surface area contributed by atoms with Crippen molar-refractivity contribution in [2.75, 3.05) is 5.73 Å². The number of nitrogens with two attached hydrogens (primary N) is 1. The lowest BCUT2D eigenvalue weighted by atomic mass is 9.79. The van der Waals surface area contributed by atoms with E-state index in [1.54, 1.807) is 0 Å². The third-order valence-electron chi connectivity index (χ3n) is 3.38.